The van der Waals surface area contributed by atoms with Crippen molar-refractivity contribution in [3.63, 3.8) is 0 Å². The molecule has 1 aliphatic heterocycles. The molecule has 1 atom stereocenters. The van der Waals surface area contributed by atoms with Crippen molar-refractivity contribution in [2.45, 2.75) is 12.6 Å². The molecule has 1 aliphatic rings. The van der Waals surface area contributed by atoms with Gasteiger partial charge in [-0.15, -0.1) is 0 Å². The number of fused-ring (bicyclic) bond motifs is 1. The van der Waals surface area contributed by atoms with Gasteiger partial charge in [-0.05, 0) is 12.1 Å². The first-order valence-corrected chi connectivity index (χ1v) is 6.22. The lowest BCUT2D eigenvalue weighted by atomic mass is 10.2. The molecule has 5 heteroatoms. The van der Waals surface area contributed by atoms with Crippen LogP contribution >= 0.6 is 0 Å². The zero-order valence-corrected chi connectivity index (χ0v) is 10.2. The number of hydrogen-bond acceptors (Lipinski definition) is 4. The van der Waals surface area contributed by atoms with Crippen molar-refractivity contribution in [3.05, 3.63) is 36.3 Å². The Bertz CT molecular complexity index is 493. The molecule has 2 aromatic heterocycles. The Morgan fingerprint density at radius 3 is 3.22 bits per heavy atom. The molecule has 96 valence electrons. The molecule has 1 N–H and O–H groups in total. The first kappa shape index (κ1) is 11.6. The molecule has 0 bridgehead atoms. The Hall–Kier alpha value is -1.43. The standard InChI is InChI=1S/C13H17N3O2/c17-10-12-9-15(5-6-18-12)7-11-8-16-4-2-1-3-13(16)14-11/h1-4,8,12,17H,5-7,9-10H2. The molecule has 3 rings (SSSR count). The van der Waals surface area contributed by atoms with Crippen LogP contribution in [0.25, 0.3) is 5.65 Å². The summed E-state index contributed by atoms with van der Waals surface area (Å²) in [6, 6.07) is 5.98. The first-order chi connectivity index (χ1) is 8.85. The molecule has 1 saturated heterocycles. The van der Waals surface area contributed by atoms with Gasteiger partial charge in [-0.2, -0.15) is 0 Å². The third kappa shape index (κ3) is 2.38. The van der Waals surface area contributed by atoms with Crippen molar-refractivity contribution < 1.29 is 9.84 Å². The van der Waals surface area contributed by atoms with E-state index < -0.39 is 0 Å². The van der Waals surface area contributed by atoms with Crippen molar-refractivity contribution in [3.8, 4) is 0 Å². The van der Waals surface area contributed by atoms with Crippen LogP contribution in [0.2, 0.25) is 0 Å². The second-order valence-electron chi connectivity index (χ2n) is 4.61. The van der Waals surface area contributed by atoms with Crippen LogP contribution in [-0.2, 0) is 11.3 Å². The van der Waals surface area contributed by atoms with E-state index in [1.807, 2.05) is 28.8 Å². The lowest BCUT2D eigenvalue weighted by Crippen LogP contribution is -2.43. The summed E-state index contributed by atoms with van der Waals surface area (Å²) in [5, 5.41) is 9.12. The Kier molecular flexibility index (Phi) is 3.27. The average Bonchev–Trinajstić information content (AvgIpc) is 2.81. The third-order valence-corrected chi connectivity index (χ3v) is 3.23. The fraction of sp³-hybridized carbons (Fsp3) is 0.462. The van der Waals surface area contributed by atoms with E-state index in [0.717, 1.165) is 31.0 Å². The molecule has 0 aliphatic carbocycles. The minimum Gasteiger partial charge on any atom is -0.394 e. The molecule has 0 amide bonds. The maximum Gasteiger partial charge on any atom is 0.137 e. The van der Waals surface area contributed by atoms with E-state index in [1.54, 1.807) is 0 Å². The van der Waals surface area contributed by atoms with Crippen LogP contribution in [0.15, 0.2) is 30.6 Å². The number of aliphatic hydroxyl groups excluding tert-OH is 1. The Balaban J connectivity index is 1.71. The third-order valence-electron chi connectivity index (χ3n) is 3.23. The van der Waals surface area contributed by atoms with Crippen molar-refractivity contribution in [2.75, 3.05) is 26.3 Å². The molecule has 0 saturated carbocycles. The van der Waals surface area contributed by atoms with Gasteiger partial charge in [0, 0.05) is 32.0 Å². The number of aliphatic hydroxyl groups is 1. The zero-order valence-electron chi connectivity index (χ0n) is 10.2. The zero-order chi connectivity index (χ0) is 12.4. The van der Waals surface area contributed by atoms with E-state index in [1.165, 1.54) is 0 Å². The summed E-state index contributed by atoms with van der Waals surface area (Å²) >= 11 is 0. The molecule has 0 radical (unpaired) electrons. The van der Waals surface area contributed by atoms with Gasteiger partial charge in [0.1, 0.15) is 5.65 Å². The molecule has 5 nitrogen and oxygen atoms in total. The molecule has 2 aromatic rings. The smallest absolute Gasteiger partial charge is 0.137 e. The summed E-state index contributed by atoms with van der Waals surface area (Å²) in [5.41, 5.74) is 2.03. The van der Waals surface area contributed by atoms with E-state index in [2.05, 4.69) is 16.1 Å². The number of rotatable bonds is 3. The summed E-state index contributed by atoms with van der Waals surface area (Å²) in [7, 11) is 0. The SMILES string of the molecule is OCC1CN(Cc2cn3ccccc3n2)CCO1. The van der Waals surface area contributed by atoms with Crippen molar-refractivity contribution in [1.82, 2.24) is 14.3 Å². The van der Waals surface area contributed by atoms with E-state index in [0.29, 0.717) is 6.61 Å². The first-order valence-electron chi connectivity index (χ1n) is 6.22. The van der Waals surface area contributed by atoms with Gasteiger partial charge in [-0.3, -0.25) is 4.90 Å². The Morgan fingerprint density at radius 1 is 1.44 bits per heavy atom. The van der Waals surface area contributed by atoms with Gasteiger partial charge in [-0.25, -0.2) is 4.98 Å². The molecule has 1 unspecified atom stereocenters. The highest BCUT2D eigenvalue weighted by Gasteiger charge is 2.20. The monoisotopic (exact) mass is 247 g/mol. The average molecular weight is 247 g/mol. The highest BCUT2D eigenvalue weighted by atomic mass is 16.5. The second kappa shape index (κ2) is 5.06. The predicted molar refractivity (Wildman–Crippen MR) is 67.3 cm³/mol. The minimum absolute atomic E-state index is 0.0595. The van der Waals surface area contributed by atoms with Crippen molar-refractivity contribution >= 4 is 5.65 Å². The topological polar surface area (TPSA) is 50.0 Å². The van der Waals surface area contributed by atoms with Crippen LogP contribution < -0.4 is 0 Å². The molecule has 18 heavy (non-hydrogen) atoms. The van der Waals surface area contributed by atoms with Gasteiger partial charge in [0.15, 0.2) is 0 Å². The second-order valence-corrected chi connectivity index (χ2v) is 4.61. The minimum atomic E-state index is -0.0595. The molecule has 3 heterocycles. The number of hydrogen-bond donors (Lipinski definition) is 1. The summed E-state index contributed by atoms with van der Waals surface area (Å²) in [5.74, 6) is 0. The molecule has 0 spiro atoms. The van der Waals surface area contributed by atoms with Crippen molar-refractivity contribution in [1.29, 1.82) is 0 Å². The van der Waals surface area contributed by atoms with Crippen LogP contribution in [0.1, 0.15) is 5.69 Å². The van der Waals surface area contributed by atoms with Gasteiger partial charge in [0.2, 0.25) is 0 Å². The summed E-state index contributed by atoms with van der Waals surface area (Å²) in [6.45, 7) is 3.23. The fourth-order valence-corrected chi connectivity index (χ4v) is 2.33. The number of pyridine rings is 1. The van der Waals surface area contributed by atoms with E-state index in [-0.39, 0.29) is 12.7 Å². The fourth-order valence-electron chi connectivity index (χ4n) is 2.33. The van der Waals surface area contributed by atoms with Gasteiger partial charge in [-0.1, -0.05) is 6.07 Å². The number of imidazole rings is 1. The van der Waals surface area contributed by atoms with Crippen LogP contribution in [0, 0.1) is 0 Å². The van der Waals surface area contributed by atoms with E-state index in [4.69, 9.17) is 9.84 Å². The lowest BCUT2D eigenvalue weighted by molar-refractivity contribution is -0.0553. The highest BCUT2D eigenvalue weighted by Crippen LogP contribution is 2.11. The quantitative estimate of drug-likeness (QED) is 0.859. The van der Waals surface area contributed by atoms with Crippen LogP contribution in [0.3, 0.4) is 0 Å². The molecular formula is C13H17N3O2. The number of nitrogens with zero attached hydrogens (tertiary/aromatic N) is 3. The maximum atomic E-state index is 9.12. The summed E-state index contributed by atoms with van der Waals surface area (Å²) in [4.78, 5) is 6.85. The van der Waals surface area contributed by atoms with Crippen LogP contribution in [0.5, 0.6) is 0 Å². The van der Waals surface area contributed by atoms with Crippen LogP contribution in [-0.4, -0.2) is 51.8 Å². The molecule has 1 fully saturated rings. The normalized spacial score (nSPS) is 21.5. The summed E-state index contributed by atoms with van der Waals surface area (Å²) in [6.07, 6.45) is 4.00. The van der Waals surface area contributed by atoms with E-state index >= 15 is 0 Å². The predicted octanol–water partition coefficient (Wildman–Crippen LogP) is 0.527. The number of morpholine rings is 1. The highest BCUT2D eigenvalue weighted by molar-refractivity contribution is 5.39. The molecule has 0 aromatic carbocycles. The number of aromatic nitrogens is 2. The van der Waals surface area contributed by atoms with Crippen LogP contribution in [0.4, 0.5) is 0 Å². The van der Waals surface area contributed by atoms with Gasteiger partial charge in [0.05, 0.1) is 25.0 Å². The van der Waals surface area contributed by atoms with Gasteiger partial charge < -0.3 is 14.2 Å². The van der Waals surface area contributed by atoms with Crippen molar-refractivity contribution in [2.24, 2.45) is 0 Å². The largest absolute Gasteiger partial charge is 0.394 e. The maximum absolute atomic E-state index is 9.12. The van der Waals surface area contributed by atoms with E-state index in [9.17, 15) is 0 Å². The Morgan fingerprint density at radius 2 is 2.39 bits per heavy atom. The Labute approximate surface area is 106 Å². The summed E-state index contributed by atoms with van der Waals surface area (Å²) < 4.78 is 7.46. The van der Waals surface area contributed by atoms with Gasteiger partial charge >= 0.3 is 0 Å². The lowest BCUT2D eigenvalue weighted by Gasteiger charge is -2.31. The number of ether oxygens (including phenoxy) is 1. The molecular weight excluding hydrogens is 230 g/mol. The van der Waals surface area contributed by atoms with Gasteiger partial charge in [0.25, 0.3) is 0 Å².